The number of aliphatic hydroxyl groups excluding tert-OH is 1. The molecule has 5 aliphatic rings. The fourth-order valence-electron chi connectivity index (χ4n) is 11.1. The zero-order valence-electron chi connectivity index (χ0n) is 33.1. The summed E-state index contributed by atoms with van der Waals surface area (Å²) in [7, 11) is 0. The van der Waals surface area contributed by atoms with Crippen molar-refractivity contribution in [3.8, 4) is 0 Å². The third-order valence-corrected chi connectivity index (χ3v) is 14.5. The van der Waals surface area contributed by atoms with E-state index in [1.165, 1.54) is 31.8 Å². The first-order chi connectivity index (χ1) is 24.0. The maximum Gasteiger partial charge on any atom is 0.245 e. The number of rotatable bonds is 14. The highest BCUT2D eigenvalue weighted by Crippen LogP contribution is 2.73. The van der Waals surface area contributed by atoms with E-state index in [1.807, 2.05) is 6.92 Å². The van der Waals surface area contributed by atoms with Gasteiger partial charge in [0.25, 0.3) is 0 Å². The zero-order valence-corrected chi connectivity index (χ0v) is 33.1. The normalized spacial score (nSPS) is 38.1. The second-order valence-electron chi connectivity index (χ2n) is 18.2. The van der Waals surface area contributed by atoms with Gasteiger partial charge in [-0.1, -0.05) is 111 Å². The Balaban J connectivity index is 1.55. The molecule has 6 nitrogen and oxygen atoms in total. The molecule has 0 aromatic rings. The first-order valence-corrected chi connectivity index (χ1v) is 20.2. The van der Waals surface area contributed by atoms with Crippen molar-refractivity contribution in [1.82, 2.24) is 5.32 Å². The van der Waals surface area contributed by atoms with Gasteiger partial charge in [-0.05, 0) is 105 Å². The summed E-state index contributed by atoms with van der Waals surface area (Å²) in [4.78, 5) is 42.3. The molecule has 0 spiro atoms. The molecule has 3 N–H and O–H groups in total. The number of hydrogen-bond donors (Lipinski definition) is 3. The lowest BCUT2D eigenvalue weighted by atomic mass is 9.43. The standard InChI is InChI=1S/C45H67NO5/c1-10-11-12-13-14-29(4)23-30(5)15-18-38(49)46-44(27-47)26-33-24-36(32(7)17-16-31(6)28(2)3)43(9)22-20-35-39(45(33,43)51)40(44)41(50)37-25-34(48)19-21-42(35,37)8/h15-18,23,25,27-29,31-36,48,51H,10-14,19-22,24,26H2,1-9H3,(H,46,49)/b17-16+,18-15+,30-23+/t29-,31-,32+,33+,34-,35-,36+,42+,43+,44-,45-/m0/s1. The SMILES string of the molecule is CCCCCC[C@H](C)/C=C(C)/C=C/C(=O)N[C@]1(C=O)C[C@H]2C[C@H]([C@H](C)/C=C/[C@H](C)C(C)C)[C@@]3(C)CC[C@H]4C(=C1C(=O)C1=C[C@@H](O)CC[C@@]14C)[C@@]23O. The van der Waals surface area contributed by atoms with E-state index in [1.54, 1.807) is 12.2 Å². The number of hydrogen-bond acceptors (Lipinski definition) is 5. The minimum Gasteiger partial charge on any atom is -0.389 e. The van der Waals surface area contributed by atoms with Gasteiger partial charge in [-0.2, -0.15) is 0 Å². The molecule has 1 amide bonds. The molecule has 0 heterocycles. The van der Waals surface area contributed by atoms with Crippen LogP contribution >= 0.6 is 0 Å². The number of carbonyl (C=O) groups excluding carboxylic acids is 3. The molecule has 282 valence electrons. The van der Waals surface area contributed by atoms with Gasteiger partial charge in [0, 0.05) is 28.1 Å². The lowest BCUT2D eigenvalue weighted by molar-refractivity contribution is -0.140. The Morgan fingerprint density at radius 2 is 1.76 bits per heavy atom. The minimum atomic E-state index is -1.57. The molecule has 0 radical (unpaired) electrons. The molecular weight excluding hydrogens is 634 g/mol. The lowest BCUT2D eigenvalue weighted by Crippen LogP contribution is -2.68. The fourth-order valence-corrected chi connectivity index (χ4v) is 11.1. The molecular formula is C45H67NO5. The molecule has 5 aliphatic carbocycles. The number of Topliss-reactive ketones (excluding diaryl/α,β-unsaturated/α-hetero) is 1. The van der Waals surface area contributed by atoms with Crippen LogP contribution in [0.5, 0.6) is 0 Å². The number of allylic oxidation sites excluding steroid dienone is 6. The molecule has 0 aromatic heterocycles. The second kappa shape index (κ2) is 15.0. The van der Waals surface area contributed by atoms with Crippen LogP contribution in [0.25, 0.3) is 0 Å². The van der Waals surface area contributed by atoms with E-state index >= 15 is 0 Å². The van der Waals surface area contributed by atoms with Crippen molar-refractivity contribution < 1.29 is 24.6 Å². The summed E-state index contributed by atoms with van der Waals surface area (Å²) in [6.07, 6.45) is 21.4. The van der Waals surface area contributed by atoms with E-state index in [9.17, 15) is 24.6 Å². The van der Waals surface area contributed by atoms with Gasteiger partial charge in [0.15, 0.2) is 5.78 Å². The van der Waals surface area contributed by atoms with Crippen LogP contribution in [0.2, 0.25) is 0 Å². The number of amides is 1. The van der Waals surface area contributed by atoms with E-state index in [0.717, 1.165) is 31.1 Å². The van der Waals surface area contributed by atoms with Crippen molar-refractivity contribution in [2.24, 2.45) is 52.3 Å². The Bertz CT molecular complexity index is 1520. The van der Waals surface area contributed by atoms with Gasteiger partial charge < -0.3 is 20.3 Å². The van der Waals surface area contributed by atoms with E-state index < -0.39 is 34.0 Å². The van der Waals surface area contributed by atoms with Gasteiger partial charge in [-0.3, -0.25) is 9.59 Å². The summed E-state index contributed by atoms with van der Waals surface area (Å²) in [5.41, 5.74) is -1.43. The molecule has 11 atom stereocenters. The Labute approximate surface area is 308 Å². The largest absolute Gasteiger partial charge is 0.389 e. The van der Waals surface area contributed by atoms with Crippen LogP contribution in [0, 0.1) is 52.3 Å². The van der Waals surface area contributed by atoms with Gasteiger partial charge in [0.1, 0.15) is 11.8 Å². The predicted molar refractivity (Wildman–Crippen MR) is 206 cm³/mol. The summed E-state index contributed by atoms with van der Waals surface area (Å²) in [5.74, 6) is 0.492. The summed E-state index contributed by atoms with van der Waals surface area (Å²) < 4.78 is 0. The molecule has 6 heteroatoms. The highest BCUT2D eigenvalue weighted by atomic mass is 16.3. The summed E-state index contributed by atoms with van der Waals surface area (Å²) in [6.45, 7) is 19.7. The van der Waals surface area contributed by atoms with Crippen LogP contribution in [-0.2, 0) is 14.4 Å². The molecule has 2 fully saturated rings. The van der Waals surface area contributed by atoms with Gasteiger partial charge in [-0.25, -0.2) is 0 Å². The average Bonchev–Trinajstić information content (AvgIpc) is 3.31. The van der Waals surface area contributed by atoms with Gasteiger partial charge >= 0.3 is 0 Å². The van der Waals surface area contributed by atoms with E-state index in [2.05, 4.69) is 78.9 Å². The number of aldehydes is 1. The summed E-state index contributed by atoms with van der Waals surface area (Å²) >= 11 is 0. The summed E-state index contributed by atoms with van der Waals surface area (Å²) in [5, 5.41) is 27.2. The van der Waals surface area contributed by atoms with Crippen molar-refractivity contribution >= 4 is 18.0 Å². The highest BCUT2D eigenvalue weighted by Gasteiger charge is 2.74. The van der Waals surface area contributed by atoms with Crippen LogP contribution in [0.3, 0.4) is 0 Å². The van der Waals surface area contributed by atoms with Crippen molar-refractivity contribution in [1.29, 1.82) is 0 Å². The molecule has 0 aromatic carbocycles. The Morgan fingerprint density at radius 3 is 2.43 bits per heavy atom. The number of ketones is 1. The van der Waals surface area contributed by atoms with Crippen molar-refractivity contribution in [2.45, 2.75) is 150 Å². The highest BCUT2D eigenvalue weighted by molar-refractivity contribution is 6.16. The van der Waals surface area contributed by atoms with E-state index in [4.69, 9.17) is 0 Å². The monoisotopic (exact) mass is 702 g/mol. The van der Waals surface area contributed by atoms with Crippen LogP contribution in [0.4, 0.5) is 0 Å². The van der Waals surface area contributed by atoms with E-state index in [-0.39, 0.29) is 41.4 Å². The smallest absolute Gasteiger partial charge is 0.245 e. The zero-order chi connectivity index (χ0) is 37.5. The van der Waals surface area contributed by atoms with Crippen molar-refractivity contribution in [3.63, 3.8) is 0 Å². The quantitative estimate of drug-likeness (QED) is 0.0553. The topological polar surface area (TPSA) is 104 Å². The Hall–Kier alpha value is -2.57. The minimum absolute atomic E-state index is 0.139. The molecule has 0 aliphatic heterocycles. The van der Waals surface area contributed by atoms with Crippen LogP contribution < -0.4 is 5.32 Å². The van der Waals surface area contributed by atoms with Crippen molar-refractivity contribution in [2.75, 3.05) is 0 Å². The predicted octanol–water partition coefficient (Wildman–Crippen LogP) is 8.79. The fraction of sp³-hybridized carbons (Fsp3) is 0.711. The first kappa shape index (κ1) is 39.6. The first-order valence-electron chi connectivity index (χ1n) is 20.2. The summed E-state index contributed by atoms with van der Waals surface area (Å²) in [6, 6.07) is 0. The number of nitrogens with one attached hydrogen (secondary N) is 1. The molecule has 0 bridgehead atoms. The maximum absolute atomic E-state index is 14.9. The van der Waals surface area contributed by atoms with Crippen LogP contribution in [0.1, 0.15) is 133 Å². The third-order valence-electron chi connectivity index (χ3n) is 14.5. The Kier molecular flexibility index (Phi) is 11.7. The third kappa shape index (κ3) is 6.86. The number of aliphatic hydroxyl groups is 2. The van der Waals surface area contributed by atoms with Crippen LogP contribution in [0.15, 0.2) is 58.7 Å². The molecule has 5 rings (SSSR count). The van der Waals surface area contributed by atoms with Gasteiger partial charge in [-0.15, -0.1) is 0 Å². The van der Waals surface area contributed by atoms with Crippen molar-refractivity contribution in [3.05, 3.63) is 58.7 Å². The van der Waals surface area contributed by atoms with Gasteiger partial charge in [0.05, 0.1) is 11.7 Å². The number of carbonyl (C=O) groups is 3. The Morgan fingerprint density at radius 1 is 1.04 bits per heavy atom. The van der Waals surface area contributed by atoms with Gasteiger partial charge in [0.2, 0.25) is 5.91 Å². The lowest BCUT2D eigenvalue weighted by Gasteiger charge is -2.63. The second-order valence-corrected chi connectivity index (χ2v) is 18.2. The molecule has 2 saturated carbocycles. The van der Waals surface area contributed by atoms with Crippen LogP contribution in [-0.4, -0.2) is 45.4 Å². The maximum atomic E-state index is 14.9. The molecule has 0 unspecified atom stereocenters. The molecule has 51 heavy (non-hydrogen) atoms. The number of unbranched alkanes of at least 4 members (excludes halogenated alkanes) is 3. The van der Waals surface area contributed by atoms with E-state index in [0.29, 0.717) is 48.2 Å². The molecule has 0 saturated heterocycles. The number of fused-ring (bicyclic) bond motifs is 2. The average molecular weight is 702 g/mol.